The zero-order chi connectivity index (χ0) is 18.7. The highest BCUT2D eigenvalue weighted by Crippen LogP contribution is 2.37. The van der Waals surface area contributed by atoms with Crippen molar-refractivity contribution in [1.82, 2.24) is 0 Å². The second kappa shape index (κ2) is 7.68. The van der Waals surface area contributed by atoms with Crippen LogP contribution in [0.15, 0.2) is 87.5 Å². The van der Waals surface area contributed by atoms with Gasteiger partial charge < -0.3 is 0 Å². The third-order valence-corrected chi connectivity index (χ3v) is 5.81. The molecule has 0 fully saturated rings. The van der Waals surface area contributed by atoms with Crippen molar-refractivity contribution in [3.63, 3.8) is 0 Å². The van der Waals surface area contributed by atoms with E-state index < -0.39 is 22.5 Å². The summed E-state index contributed by atoms with van der Waals surface area (Å²) in [6.45, 7) is 0. The van der Waals surface area contributed by atoms with Crippen LogP contribution in [0.25, 0.3) is 11.1 Å². The summed E-state index contributed by atoms with van der Waals surface area (Å²) in [5, 5.41) is 0. The van der Waals surface area contributed by atoms with Crippen molar-refractivity contribution >= 4 is 22.6 Å². The van der Waals surface area contributed by atoms with E-state index in [0.29, 0.717) is 0 Å². The molecule has 0 aromatic heterocycles. The fraction of sp³-hybridized carbons (Fsp3) is 0.100. The lowest BCUT2D eigenvalue weighted by Gasteiger charge is -2.11. The molecule has 0 N–H and O–H groups in total. The molecular formula is C20H15F3OS2. The second-order valence-corrected chi connectivity index (χ2v) is 8.09. The van der Waals surface area contributed by atoms with E-state index >= 15 is 0 Å². The maximum absolute atomic E-state index is 12.7. The number of hydrogen-bond donors (Lipinski definition) is 0. The summed E-state index contributed by atoms with van der Waals surface area (Å²) >= 11 is 1.41. The first-order chi connectivity index (χ1) is 12.3. The van der Waals surface area contributed by atoms with Crippen LogP contribution in [-0.2, 0) is 17.0 Å². The Labute approximate surface area is 156 Å². The molecule has 6 heteroatoms. The molecule has 3 aromatic rings. The first-order valence-corrected chi connectivity index (χ1v) is 10.1. The van der Waals surface area contributed by atoms with Crippen LogP contribution >= 0.6 is 11.8 Å². The fourth-order valence-electron chi connectivity index (χ4n) is 2.46. The molecule has 0 saturated heterocycles. The number of halogens is 3. The Hall–Kier alpha value is -2.05. The third kappa shape index (κ3) is 4.37. The van der Waals surface area contributed by atoms with Crippen molar-refractivity contribution < 1.29 is 17.4 Å². The molecule has 0 aliphatic carbocycles. The molecular weight excluding hydrogens is 377 g/mol. The summed E-state index contributed by atoms with van der Waals surface area (Å²) in [5.74, 6) is 0. The van der Waals surface area contributed by atoms with E-state index in [9.17, 15) is 17.4 Å². The van der Waals surface area contributed by atoms with E-state index in [2.05, 4.69) is 0 Å². The summed E-state index contributed by atoms with van der Waals surface area (Å²) in [7, 11) is -1.04. The van der Waals surface area contributed by atoms with Gasteiger partial charge in [-0.15, -0.1) is 0 Å². The van der Waals surface area contributed by atoms with Crippen LogP contribution in [0.1, 0.15) is 5.56 Å². The minimum absolute atomic E-state index is 0.654. The Morgan fingerprint density at radius 3 is 2.04 bits per heavy atom. The summed E-state index contributed by atoms with van der Waals surface area (Å²) in [5.41, 5.74) is 1.29. The average Bonchev–Trinajstić information content (AvgIpc) is 2.62. The van der Waals surface area contributed by atoms with Gasteiger partial charge in [0.2, 0.25) is 0 Å². The van der Waals surface area contributed by atoms with Crippen LogP contribution in [-0.4, -0.2) is 10.5 Å². The third-order valence-electron chi connectivity index (χ3n) is 3.79. The Kier molecular flexibility index (Phi) is 5.53. The maximum atomic E-state index is 12.7. The molecule has 0 aliphatic rings. The molecule has 0 bridgehead atoms. The van der Waals surface area contributed by atoms with Gasteiger partial charge in [-0.05, 0) is 53.6 Å². The van der Waals surface area contributed by atoms with Gasteiger partial charge >= 0.3 is 6.18 Å². The van der Waals surface area contributed by atoms with Gasteiger partial charge in [0.1, 0.15) is 0 Å². The second-order valence-electron chi connectivity index (χ2n) is 5.60. The molecule has 26 heavy (non-hydrogen) atoms. The van der Waals surface area contributed by atoms with Gasteiger partial charge in [0.05, 0.1) is 5.56 Å². The number of rotatable bonds is 4. The van der Waals surface area contributed by atoms with Crippen molar-refractivity contribution in [2.45, 2.75) is 20.9 Å². The number of benzene rings is 3. The van der Waals surface area contributed by atoms with Gasteiger partial charge in [-0.2, -0.15) is 13.2 Å². The molecule has 0 saturated carbocycles. The van der Waals surface area contributed by atoms with Crippen molar-refractivity contribution in [3.8, 4) is 11.1 Å². The van der Waals surface area contributed by atoms with Gasteiger partial charge in [-0.1, -0.05) is 42.1 Å². The van der Waals surface area contributed by atoms with Crippen molar-refractivity contribution in [1.29, 1.82) is 0 Å². The van der Waals surface area contributed by atoms with Gasteiger partial charge in [0.25, 0.3) is 0 Å². The molecule has 3 rings (SSSR count). The zero-order valence-electron chi connectivity index (χ0n) is 13.8. The predicted octanol–water partition coefficient (Wildman–Crippen LogP) is 6.26. The minimum atomic E-state index is -4.33. The molecule has 0 radical (unpaired) electrons. The van der Waals surface area contributed by atoms with Crippen LogP contribution in [0, 0.1) is 0 Å². The van der Waals surface area contributed by atoms with Gasteiger partial charge in [-0.25, -0.2) is 0 Å². The van der Waals surface area contributed by atoms with Crippen LogP contribution in [0.5, 0.6) is 0 Å². The number of hydrogen-bond acceptors (Lipinski definition) is 2. The minimum Gasteiger partial charge on any atom is -0.255 e. The SMILES string of the molecule is CS(=O)c1ccc(-c2ccccc2Sc2ccc(C(F)(F)F)cc2)cc1. The topological polar surface area (TPSA) is 17.1 Å². The van der Waals surface area contributed by atoms with E-state index in [-0.39, 0.29) is 0 Å². The summed E-state index contributed by atoms with van der Waals surface area (Å²) < 4.78 is 49.6. The molecule has 0 spiro atoms. The lowest BCUT2D eigenvalue weighted by Crippen LogP contribution is -2.03. The van der Waals surface area contributed by atoms with Crippen molar-refractivity contribution in [3.05, 3.63) is 78.4 Å². The largest absolute Gasteiger partial charge is 0.416 e. The van der Waals surface area contributed by atoms with Gasteiger partial charge in [0.15, 0.2) is 0 Å². The summed E-state index contributed by atoms with van der Waals surface area (Å²) in [6.07, 6.45) is -2.70. The van der Waals surface area contributed by atoms with Crippen LogP contribution in [0.3, 0.4) is 0 Å². The van der Waals surface area contributed by atoms with Crippen LogP contribution in [0.2, 0.25) is 0 Å². The van der Waals surface area contributed by atoms with Crippen molar-refractivity contribution in [2.75, 3.05) is 6.26 Å². The lowest BCUT2D eigenvalue weighted by atomic mass is 10.1. The molecule has 3 aromatic carbocycles. The van der Waals surface area contributed by atoms with Gasteiger partial charge in [-0.3, -0.25) is 4.21 Å². The number of alkyl halides is 3. The monoisotopic (exact) mass is 392 g/mol. The predicted molar refractivity (Wildman–Crippen MR) is 99.8 cm³/mol. The normalized spacial score (nSPS) is 12.8. The Morgan fingerprint density at radius 2 is 1.46 bits per heavy atom. The maximum Gasteiger partial charge on any atom is 0.416 e. The smallest absolute Gasteiger partial charge is 0.255 e. The highest BCUT2D eigenvalue weighted by molar-refractivity contribution is 7.99. The van der Waals surface area contributed by atoms with Crippen molar-refractivity contribution in [2.24, 2.45) is 0 Å². The Bertz CT molecular complexity index is 917. The van der Waals surface area contributed by atoms with Gasteiger partial charge in [0, 0.05) is 31.7 Å². The quantitative estimate of drug-likeness (QED) is 0.521. The fourth-order valence-corrected chi connectivity index (χ4v) is 3.95. The average molecular weight is 392 g/mol. The summed E-state index contributed by atoms with van der Waals surface area (Å²) in [6, 6.07) is 20.3. The highest BCUT2D eigenvalue weighted by atomic mass is 32.2. The molecule has 1 unspecified atom stereocenters. The van der Waals surface area contributed by atoms with E-state index in [4.69, 9.17) is 0 Å². The Balaban J connectivity index is 1.89. The zero-order valence-corrected chi connectivity index (χ0v) is 15.4. The van der Waals surface area contributed by atoms with E-state index in [1.165, 1.54) is 23.9 Å². The molecule has 0 amide bonds. The molecule has 1 atom stereocenters. The summed E-state index contributed by atoms with van der Waals surface area (Å²) in [4.78, 5) is 2.43. The highest BCUT2D eigenvalue weighted by Gasteiger charge is 2.29. The van der Waals surface area contributed by atoms with E-state index in [1.807, 2.05) is 48.5 Å². The molecule has 1 nitrogen and oxygen atoms in total. The molecule has 134 valence electrons. The van der Waals surface area contributed by atoms with Crippen LogP contribution < -0.4 is 0 Å². The standard InChI is InChI=1S/C20H15F3OS2/c1-26(24)17-12-6-14(7-13-17)18-4-2-3-5-19(18)25-16-10-8-15(9-11-16)20(21,22)23/h2-13H,1H3. The van der Waals surface area contributed by atoms with E-state index in [0.717, 1.165) is 37.9 Å². The first kappa shape index (κ1) is 18.7. The van der Waals surface area contributed by atoms with Crippen LogP contribution in [0.4, 0.5) is 13.2 Å². The first-order valence-electron chi connectivity index (χ1n) is 7.72. The van der Waals surface area contributed by atoms with E-state index in [1.54, 1.807) is 6.26 Å². The molecule has 0 aliphatic heterocycles. The Morgan fingerprint density at radius 1 is 0.846 bits per heavy atom. The molecule has 0 heterocycles. The lowest BCUT2D eigenvalue weighted by molar-refractivity contribution is -0.137.